The van der Waals surface area contributed by atoms with Crippen molar-refractivity contribution in [1.29, 1.82) is 0 Å². The second-order valence-electron chi connectivity index (χ2n) is 5.32. The molecule has 1 aliphatic heterocycles. The molecule has 0 bridgehead atoms. The van der Waals surface area contributed by atoms with Gasteiger partial charge in [0.25, 0.3) is 5.56 Å². The number of aromatic nitrogens is 2. The standard InChI is InChI=1S/C12H20N4O3S/c1-9-13-11-8-16(7-10(11)12(17)14-9)20(18,19)6-4-5-15(2)3/h4-8H2,1-3H3,(H,13,14,17). The molecule has 0 aromatic carbocycles. The number of fused-ring (bicyclic) bond motifs is 1. The van der Waals surface area contributed by atoms with Gasteiger partial charge in [-0.1, -0.05) is 0 Å². The topological polar surface area (TPSA) is 86.4 Å². The molecule has 8 heteroatoms. The molecule has 112 valence electrons. The van der Waals surface area contributed by atoms with Crippen LogP contribution in [0.25, 0.3) is 0 Å². The largest absolute Gasteiger partial charge is 0.310 e. The highest BCUT2D eigenvalue weighted by Gasteiger charge is 2.31. The maximum absolute atomic E-state index is 12.2. The van der Waals surface area contributed by atoms with Crippen molar-refractivity contribution in [1.82, 2.24) is 19.2 Å². The Labute approximate surface area is 118 Å². The summed E-state index contributed by atoms with van der Waals surface area (Å²) in [4.78, 5) is 20.6. The Hall–Kier alpha value is -1.25. The normalized spacial score (nSPS) is 15.8. The lowest BCUT2D eigenvalue weighted by atomic mass is 10.3. The van der Waals surface area contributed by atoms with Crippen LogP contribution in [-0.4, -0.2) is 54.0 Å². The Morgan fingerprint density at radius 1 is 1.35 bits per heavy atom. The summed E-state index contributed by atoms with van der Waals surface area (Å²) in [7, 11) is 0.476. The second-order valence-corrected chi connectivity index (χ2v) is 7.41. The van der Waals surface area contributed by atoms with Gasteiger partial charge in [0.2, 0.25) is 10.0 Å². The van der Waals surface area contributed by atoms with Gasteiger partial charge in [0.05, 0.1) is 23.6 Å². The molecule has 2 rings (SSSR count). The van der Waals surface area contributed by atoms with Crippen molar-refractivity contribution in [2.24, 2.45) is 0 Å². The van der Waals surface area contributed by atoms with Crippen LogP contribution in [0.15, 0.2) is 4.79 Å². The first-order valence-corrected chi connectivity index (χ1v) is 8.12. The van der Waals surface area contributed by atoms with Gasteiger partial charge < -0.3 is 9.88 Å². The molecule has 0 radical (unpaired) electrons. The molecule has 20 heavy (non-hydrogen) atoms. The third-order valence-corrected chi connectivity index (χ3v) is 5.13. The summed E-state index contributed by atoms with van der Waals surface area (Å²) in [6, 6.07) is 0. The number of aryl methyl sites for hydroxylation is 1. The fourth-order valence-electron chi connectivity index (χ4n) is 2.25. The third-order valence-electron chi connectivity index (χ3n) is 3.28. The predicted octanol–water partition coefficient (Wildman–Crippen LogP) is -0.325. The SMILES string of the molecule is Cc1nc2c(c(=O)[nH]1)CN(S(=O)(=O)CCCN(C)C)C2. The number of rotatable bonds is 5. The molecular weight excluding hydrogens is 280 g/mol. The minimum absolute atomic E-state index is 0.0933. The number of sulfonamides is 1. The van der Waals surface area contributed by atoms with E-state index < -0.39 is 10.0 Å². The maximum Gasteiger partial charge on any atom is 0.255 e. The van der Waals surface area contributed by atoms with Crippen molar-refractivity contribution in [2.75, 3.05) is 26.4 Å². The molecule has 1 aliphatic rings. The number of aromatic amines is 1. The fraction of sp³-hybridized carbons (Fsp3) is 0.667. The minimum atomic E-state index is -3.34. The summed E-state index contributed by atoms with van der Waals surface area (Å²) < 4.78 is 25.8. The van der Waals surface area contributed by atoms with Crippen molar-refractivity contribution in [3.63, 3.8) is 0 Å². The van der Waals surface area contributed by atoms with Gasteiger partial charge in [-0.25, -0.2) is 13.4 Å². The Bertz CT molecular complexity index is 651. The smallest absolute Gasteiger partial charge is 0.255 e. The first kappa shape index (κ1) is 15.1. The maximum atomic E-state index is 12.2. The first-order valence-electron chi connectivity index (χ1n) is 6.51. The first-order chi connectivity index (χ1) is 9.29. The van der Waals surface area contributed by atoms with Gasteiger partial charge in [0.15, 0.2) is 0 Å². The van der Waals surface area contributed by atoms with E-state index in [-0.39, 0.29) is 24.4 Å². The molecule has 0 saturated heterocycles. The Balaban J connectivity index is 2.10. The van der Waals surface area contributed by atoms with Crippen LogP contribution in [0.2, 0.25) is 0 Å². The molecule has 0 saturated carbocycles. The zero-order valence-corrected chi connectivity index (χ0v) is 12.8. The van der Waals surface area contributed by atoms with E-state index in [0.29, 0.717) is 23.5 Å². The van der Waals surface area contributed by atoms with E-state index in [0.717, 1.165) is 6.54 Å². The molecule has 0 aliphatic carbocycles. The monoisotopic (exact) mass is 300 g/mol. The van der Waals surface area contributed by atoms with Crippen molar-refractivity contribution in [3.05, 3.63) is 27.4 Å². The zero-order chi connectivity index (χ0) is 14.9. The fourth-order valence-corrected chi connectivity index (χ4v) is 3.65. The summed E-state index contributed by atoms with van der Waals surface area (Å²) >= 11 is 0. The van der Waals surface area contributed by atoms with Crippen LogP contribution >= 0.6 is 0 Å². The molecule has 7 nitrogen and oxygen atoms in total. The van der Waals surface area contributed by atoms with Gasteiger partial charge in [-0.15, -0.1) is 0 Å². The van der Waals surface area contributed by atoms with E-state index in [1.807, 2.05) is 19.0 Å². The van der Waals surface area contributed by atoms with E-state index in [2.05, 4.69) is 9.97 Å². The van der Waals surface area contributed by atoms with Crippen molar-refractivity contribution >= 4 is 10.0 Å². The van der Waals surface area contributed by atoms with Crippen molar-refractivity contribution < 1.29 is 8.42 Å². The van der Waals surface area contributed by atoms with E-state index >= 15 is 0 Å². The van der Waals surface area contributed by atoms with Gasteiger partial charge in [0, 0.05) is 6.54 Å². The number of H-pyrrole nitrogens is 1. The van der Waals surface area contributed by atoms with Crippen LogP contribution in [0.3, 0.4) is 0 Å². The molecule has 1 aromatic rings. The molecule has 2 heterocycles. The Kier molecular flexibility index (Phi) is 4.26. The Morgan fingerprint density at radius 3 is 2.70 bits per heavy atom. The zero-order valence-electron chi connectivity index (χ0n) is 12.0. The summed E-state index contributed by atoms with van der Waals surface area (Å²) in [5, 5.41) is 0. The molecule has 1 N–H and O–H groups in total. The van der Waals surface area contributed by atoms with Crippen LogP contribution in [-0.2, 0) is 23.1 Å². The highest BCUT2D eigenvalue weighted by Crippen LogP contribution is 2.21. The third kappa shape index (κ3) is 3.25. The Morgan fingerprint density at radius 2 is 2.05 bits per heavy atom. The lowest BCUT2D eigenvalue weighted by molar-refractivity contribution is 0.398. The van der Waals surface area contributed by atoms with Crippen LogP contribution in [0, 0.1) is 6.92 Å². The van der Waals surface area contributed by atoms with Gasteiger partial charge in [-0.2, -0.15) is 4.31 Å². The predicted molar refractivity (Wildman–Crippen MR) is 75.8 cm³/mol. The average Bonchev–Trinajstić information content (AvgIpc) is 2.72. The number of nitrogens with one attached hydrogen (secondary N) is 1. The molecule has 0 spiro atoms. The van der Waals surface area contributed by atoms with Crippen molar-refractivity contribution in [3.8, 4) is 0 Å². The van der Waals surface area contributed by atoms with Crippen LogP contribution in [0.1, 0.15) is 23.5 Å². The van der Waals surface area contributed by atoms with Gasteiger partial charge >= 0.3 is 0 Å². The van der Waals surface area contributed by atoms with E-state index in [1.165, 1.54) is 4.31 Å². The van der Waals surface area contributed by atoms with Crippen LogP contribution < -0.4 is 5.56 Å². The summed E-state index contributed by atoms with van der Waals surface area (Å²) in [5.41, 5.74) is 0.799. The molecule has 0 amide bonds. The molecule has 0 fully saturated rings. The summed E-state index contributed by atoms with van der Waals surface area (Å²) in [6.07, 6.45) is 0.574. The average molecular weight is 300 g/mol. The summed E-state index contributed by atoms with van der Waals surface area (Å²) in [6.45, 7) is 2.74. The highest BCUT2D eigenvalue weighted by atomic mass is 32.2. The number of hydrogen-bond donors (Lipinski definition) is 1. The number of nitrogens with zero attached hydrogens (tertiary/aromatic N) is 3. The lowest BCUT2D eigenvalue weighted by Crippen LogP contribution is -2.30. The lowest BCUT2D eigenvalue weighted by Gasteiger charge is -2.16. The second kappa shape index (κ2) is 5.63. The summed E-state index contributed by atoms with van der Waals surface area (Å²) in [5.74, 6) is 0.608. The van der Waals surface area contributed by atoms with Crippen molar-refractivity contribution in [2.45, 2.75) is 26.4 Å². The van der Waals surface area contributed by atoms with E-state index in [1.54, 1.807) is 6.92 Å². The molecule has 0 unspecified atom stereocenters. The molecular formula is C12H20N4O3S. The van der Waals surface area contributed by atoms with Gasteiger partial charge in [0.1, 0.15) is 5.82 Å². The van der Waals surface area contributed by atoms with Crippen LogP contribution in [0.5, 0.6) is 0 Å². The van der Waals surface area contributed by atoms with Gasteiger partial charge in [-0.05, 0) is 34.0 Å². The van der Waals surface area contributed by atoms with E-state index in [9.17, 15) is 13.2 Å². The minimum Gasteiger partial charge on any atom is -0.310 e. The number of hydrogen-bond acceptors (Lipinski definition) is 5. The molecule has 0 atom stereocenters. The quantitative estimate of drug-likeness (QED) is 0.805. The molecule has 1 aromatic heterocycles. The van der Waals surface area contributed by atoms with Gasteiger partial charge in [-0.3, -0.25) is 4.79 Å². The van der Waals surface area contributed by atoms with E-state index in [4.69, 9.17) is 0 Å². The highest BCUT2D eigenvalue weighted by molar-refractivity contribution is 7.89. The van der Waals surface area contributed by atoms with Crippen LogP contribution in [0.4, 0.5) is 0 Å².